The van der Waals surface area contributed by atoms with Crippen LogP contribution in [0.15, 0.2) is 67.0 Å². The van der Waals surface area contributed by atoms with Crippen molar-refractivity contribution >= 4 is 12.0 Å². The highest BCUT2D eigenvalue weighted by molar-refractivity contribution is 5.98. The van der Waals surface area contributed by atoms with Gasteiger partial charge in [0.15, 0.2) is 5.69 Å². The molecule has 1 aliphatic carbocycles. The molecule has 3 atom stereocenters. The van der Waals surface area contributed by atoms with Crippen LogP contribution in [0.4, 0.5) is 4.79 Å². The van der Waals surface area contributed by atoms with Gasteiger partial charge in [0.05, 0.1) is 30.2 Å². The number of amides is 2. The van der Waals surface area contributed by atoms with Crippen molar-refractivity contribution in [2.24, 2.45) is 0 Å². The molecule has 0 radical (unpaired) electrons. The average Bonchev–Trinajstić information content (AvgIpc) is 3.48. The Labute approximate surface area is 267 Å². The summed E-state index contributed by atoms with van der Waals surface area (Å²) in [6, 6.07) is 20.0. The Morgan fingerprint density at radius 2 is 1.64 bits per heavy atom. The third kappa shape index (κ3) is 8.32. The van der Waals surface area contributed by atoms with Crippen molar-refractivity contribution in [3.05, 3.63) is 78.2 Å². The van der Waals surface area contributed by atoms with Gasteiger partial charge in [-0.1, -0.05) is 73.5 Å². The highest BCUT2D eigenvalue weighted by Gasteiger charge is 2.38. The summed E-state index contributed by atoms with van der Waals surface area (Å²) in [4.78, 5) is 36.1. The molecule has 3 aromatic rings. The third-order valence-electron chi connectivity index (χ3n) is 8.60. The Morgan fingerprint density at radius 1 is 0.933 bits per heavy atom. The third-order valence-corrected chi connectivity index (χ3v) is 8.60. The molecule has 242 valence electrons. The molecule has 0 N–H and O–H groups in total. The summed E-state index contributed by atoms with van der Waals surface area (Å²) in [5, 5.41) is 0. The first-order chi connectivity index (χ1) is 21.7. The molecule has 1 saturated heterocycles. The van der Waals surface area contributed by atoms with E-state index in [2.05, 4.69) is 16.7 Å². The van der Waals surface area contributed by atoms with E-state index in [0.29, 0.717) is 45.0 Å². The predicted molar refractivity (Wildman–Crippen MR) is 174 cm³/mol. The first kappa shape index (κ1) is 32.7. The molecule has 9 heteroatoms. The molecular formula is C36H48N4O5. The molecule has 1 unspecified atom stereocenters. The normalized spacial score (nSPS) is 20.7. The van der Waals surface area contributed by atoms with E-state index in [0.717, 1.165) is 48.9 Å². The Hall–Kier alpha value is -3.69. The first-order valence-electron chi connectivity index (χ1n) is 16.3. The minimum absolute atomic E-state index is 0.0402. The number of carbonyl (C=O) groups excluding carboxylic acids is 2. The van der Waals surface area contributed by atoms with Crippen LogP contribution in [0.1, 0.15) is 75.0 Å². The summed E-state index contributed by atoms with van der Waals surface area (Å²) in [6.45, 7) is 8.09. The number of benzene rings is 2. The molecule has 5 rings (SSSR count). The number of methoxy groups -OCH3 is 1. The number of rotatable bonds is 10. The summed E-state index contributed by atoms with van der Waals surface area (Å²) in [5.74, 6) is -0.120. The second-order valence-electron chi connectivity index (χ2n) is 13.1. The molecule has 1 aromatic heterocycles. The summed E-state index contributed by atoms with van der Waals surface area (Å²) in [5.41, 5.74) is 2.73. The summed E-state index contributed by atoms with van der Waals surface area (Å²) in [6.07, 6.45) is 7.14. The number of hydrogen-bond acceptors (Lipinski definition) is 6. The zero-order valence-corrected chi connectivity index (χ0v) is 27.2. The van der Waals surface area contributed by atoms with Gasteiger partial charge in [-0.05, 0) is 52.0 Å². The van der Waals surface area contributed by atoms with Crippen LogP contribution in [-0.4, -0.2) is 89.1 Å². The smallest absolute Gasteiger partial charge is 0.410 e. The Kier molecular flexibility index (Phi) is 10.9. The SMILES string of the molecule is COCCCOC1CCCC[C@@H]1n1cnc(C(=O)N2CCN(C(=O)OC(C)(C)C)C[C@H]2Cc2ccccc2)c1-c1ccccc1. The van der Waals surface area contributed by atoms with Gasteiger partial charge in [-0.2, -0.15) is 0 Å². The molecule has 2 heterocycles. The van der Waals surface area contributed by atoms with Gasteiger partial charge in [0.2, 0.25) is 0 Å². The second kappa shape index (κ2) is 15.1. The van der Waals surface area contributed by atoms with Gasteiger partial charge in [0.25, 0.3) is 5.91 Å². The molecule has 9 nitrogen and oxygen atoms in total. The van der Waals surface area contributed by atoms with Crippen LogP contribution in [0.5, 0.6) is 0 Å². The molecule has 2 aromatic carbocycles. The topological polar surface area (TPSA) is 86.1 Å². The van der Waals surface area contributed by atoms with Crippen LogP contribution in [0.25, 0.3) is 11.3 Å². The van der Waals surface area contributed by atoms with Crippen LogP contribution in [0.3, 0.4) is 0 Å². The lowest BCUT2D eigenvalue weighted by Gasteiger charge is -2.41. The van der Waals surface area contributed by atoms with E-state index in [1.54, 1.807) is 12.0 Å². The van der Waals surface area contributed by atoms with Crippen molar-refractivity contribution < 1.29 is 23.8 Å². The number of piperazine rings is 1. The lowest BCUT2D eigenvalue weighted by molar-refractivity contribution is -0.0125. The van der Waals surface area contributed by atoms with E-state index in [4.69, 9.17) is 19.2 Å². The fourth-order valence-corrected chi connectivity index (χ4v) is 6.49. The van der Waals surface area contributed by atoms with Gasteiger partial charge in [-0.3, -0.25) is 4.79 Å². The first-order valence-corrected chi connectivity index (χ1v) is 16.3. The fourth-order valence-electron chi connectivity index (χ4n) is 6.49. The van der Waals surface area contributed by atoms with E-state index in [-0.39, 0.29) is 30.2 Å². The predicted octanol–water partition coefficient (Wildman–Crippen LogP) is 6.39. The van der Waals surface area contributed by atoms with Crippen molar-refractivity contribution in [3.63, 3.8) is 0 Å². The Balaban J connectivity index is 1.46. The second-order valence-corrected chi connectivity index (χ2v) is 13.1. The maximum absolute atomic E-state index is 14.6. The van der Waals surface area contributed by atoms with Gasteiger partial charge < -0.3 is 28.6 Å². The van der Waals surface area contributed by atoms with E-state index < -0.39 is 5.60 Å². The van der Waals surface area contributed by atoms with Crippen LogP contribution >= 0.6 is 0 Å². The summed E-state index contributed by atoms with van der Waals surface area (Å²) < 4.78 is 19.5. The minimum atomic E-state index is -0.596. The van der Waals surface area contributed by atoms with Gasteiger partial charge in [0, 0.05) is 45.5 Å². The lowest BCUT2D eigenvalue weighted by atomic mass is 9.91. The standard InChI is InChI=1S/C36H48N4O5/c1-36(2,3)45-35(42)38-20-21-39(29(25-38)24-27-14-7-5-8-15-27)34(41)32-33(28-16-9-6-10-17-28)40(26-37-32)30-18-11-12-19-31(30)44-23-13-22-43-4/h5-10,14-17,26,29-31H,11-13,18-25H2,1-4H3/t29-,30+,31?/m1/s1. The Morgan fingerprint density at radius 3 is 2.36 bits per heavy atom. The summed E-state index contributed by atoms with van der Waals surface area (Å²) >= 11 is 0. The highest BCUT2D eigenvalue weighted by Crippen LogP contribution is 2.37. The van der Waals surface area contributed by atoms with Crippen LogP contribution in [0, 0.1) is 0 Å². The zero-order valence-electron chi connectivity index (χ0n) is 27.2. The maximum Gasteiger partial charge on any atom is 0.410 e. The van der Waals surface area contributed by atoms with Crippen molar-refractivity contribution in [1.82, 2.24) is 19.4 Å². The molecule has 45 heavy (non-hydrogen) atoms. The quantitative estimate of drug-likeness (QED) is 0.246. The van der Waals surface area contributed by atoms with Crippen molar-refractivity contribution in [1.29, 1.82) is 0 Å². The van der Waals surface area contributed by atoms with Crippen molar-refractivity contribution in [2.45, 2.75) is 83.1 Å². The summed E-state index contributed by atoms with van der Waals surface area (Å²) in [7, 11) is 1.71. The molecule has 1 saturated carbocycles. The van der Waals surface area contributed by atoms with Gasteiger partial charge in [0.1, 0.15) is 5.60 Å². The van der Waals surface area contributed by atoms with Gasteiger partial charge >= 0.3 is 6.09 Å². The number of aromatic nitrogens is 2. The molecular weight excluding hydrogens is 568 g/mol. The minimum Gasteiger partial charge on any atom is -0.444 e. The number of ether oxygens (including phenoxy) is 3. The number of nitrogens with zero attached hydrogens (tertiary/aromatic N) is 4. The van der Waals surface area contributed by atoms with Gasteiger partial charge in [-0.25, -0.2) is 9.78 Å². The number of carbonyl (C=O) groups is 2. The fraction of sp³-hybridized carbons (Fsp3) is 0.528. The lowest BCUT2D eigenvalue weighted by Crippen LogP contribution is -2.58. The Bertz CT molecular complexity index is 1390. The van der Waals surface area contributed by atoms with E-state index in [9.17, 15) is 9.59 Å². The van der Waals surface area contributed by atoms with E-state index >= 15 is 0 Å². The molecule has 2 aliphatic rings. The monoisotopic (exact) mass is 616 g/mol. The van der Waals surface area contributed by atoms with Crippen LogP contribution in [0.2, 0.25) is 0 Å². The van der Waals surface area contributed by atoms with Crippen molar-refractivity contribution in [3.8, 4) is 11.3 Å². The van der Waals surface area contributed by atoms with E-state index in [1.807, 2.05) is 80.5 Å². The molecule has 2 amide bonds. The van der Waals surface area contributed by atoms with Crippen LogP contribution < -0.4 is 0 Å². The van der Waals surface area contributed by atoms with E-state index in [1.165, 1.54) is 0 Å². The number of hydrogen-bond donors (Lipinski definition) is 0. The molecule has 1 aliphatic heterocycles. The number of imidazole rings is 1. The zero-order chi connectivity index (χ0) is 31.8. The molecule has 2 fully saturated rings. The maximum atomic E-state index is 14.6. The average molecular weight is 617 g/mol. The highest BCUT2D eigenvalue weighted by atomic mass is 16.6. The molecule has 0 spiro atoms. The largest absolute Gasteiger partial charge is 0.444 e. The van der Waals surface area contributed by atoms with Crippen LogP contribution in [-0.2, 0) is 20.6 Å². The molecule has 0 bridgehead atoms. The van der Waals surface area contributed by atoms with Crippen molar-refractivity contribution in [2.75, 3.05) is 40.0 Å². The van der Waals surface area contributed by atoms with Gasteiger partial charge in [-0.15, -0.1) is 0 Å².